The number of hydrazine groups is 1. The Kier molecular flexibility index (Phi) is 6.69. The van der Waals surface area contributed by atoms with Gasteiger partial charge in [-0.2, -0.15) is 0 Å². The number of carbonyl (C=O) groups is 2. The van der Waals surface area contributed by atoms with Crippen LogP contribution in [0.25, 0.3) is 0 Å². The minimum atomic E-state index is -0.411. The molecule has 2 amide bonds. The average molecular weight is 344 g/mol. The van der Waals surface area contributed by atoms with Crippen LogP contribution in [0.15, 0.2) is 53.4 Å². The fourth-order valence-corrected chi connectivity index (χ4v) is 2.55. The van der Waals surface area contributed by atoms with Gasteiger partial charge < -0.3 is 4.74 Å². The summed E-state index contributed by atoms with van der Waals surface area (Å²) in [6.45, 7) is 3.83. The number of ether oxygens (including phenoxy) is 1. The summed E-state index contributed by atoms with van der Waals surface area (Å²) in [6.07, 6.45) is 0. The maximum absolute atomic E-state index is 11.7. The zero-order valence-electron chi connectivity index (χ0n) is 13.7. The van der Waals surface area contributed by atoms with Crippen molar-refractivity contribution in [3.63, 3.8) is 0 Å². The van der Waals surface area contributed by atoms with Gasteiger partial charge >= 0.3 is 0 Å². The molecule has 0 saturated heterocycles. The first kappa shape index (κ1) is 17.9. The lowest BCUT2D eigenvalue weighted by Gasteiger charge is -2.10. The van der Waals surface area contributed by atoms with Gasteiger partial charge in [-0.15, -0.1) is 11.8 Å². The molecule has 0 aliphatic heterocycles. The van der Waals surface area contributed by atoms with Crippen LogP contribution in [0.4, 0.5) is 0 Å². The zero-order chi connectivity index (χ0) is 17.4. The molecule has 0 heterocycles. The number of hydrogen-bond donors (Lipinski definition) is 2. The lowest BCUT2D eigenvalue weighted by molar-refractivity contribution is -0.128. The van der Waals surface area contributed by atoms with Crippen molar-refractivity contribution in [1.29, 1.82) is 0 Å². The molecule has 2 N–H and O–H groups in total. The van der Waals surface area contributed by atoms with Gasteiger partial charge in [0.25, 0.3) is 5.91 Å². The fraction of sp³-hybridized carbons (Fsp3) is 0.222. The summed E-state index contributed by atoms with van der Waals surface area (Å²) in [5.74, 6) is 0.163. The zero-order valence-corrected chi connectivity index (χ0v) is 14.5. The van der Waals surface area contributed by atoms with Gasteiger partial charge in [0.05, 0.1) is 5.75 Å². The molecule has 2 rings (SSSR count). The molecule has 0 fully saturated rings. The quantitative estimate of drug-likeness (QED) is 0.624. The first-order chi connectivity index (χ1) is 11.5. The molecule has 0 unspecified atom stereocenters. The molecule has 0 bridgehead atoms. The molecule has 2 aromatic rings. The summed E-state index contributed by atoms with van der Waals surface area (Å²) in [6, 6.07) is 15.2. The molecule has 0 radical (unpaired) electrons. The molecule has 24 heavy (non-hydrogen) atoms. The highest BCUT2D eigenvalue weighted by molar-refractivity contribution is 8.00. The van der Waals surface area contributed by atoms with Crippen molar-refractivity contribution >= 4 is 23.6 Å². The molecule has 0 aromatic heterocycles. The molecule has 0 aliphatic carbocycles. The van der Waals surface area contributed by atoms with Crippen molar-refractivity contribution in [3.8, 4) is 5.75 Å². The second-order valence-electron chi connectivity index (χ2n) is 5.23. The lowest BCUT2D eigenvalue weighted by atomic mass is 10.1. The third-order valence-corrected chi connectivity index (χ3v) is 4.31. The van der Waals surface area contributed by atoms with Crippen LogP contribution in [-0.4, -0.2) is 24.2 Å². The van der Waals surface area contributed by atoms with Crippen molar-refractivity contribution in [2.75, 3.05) is 12.4 Å². The summed E-state index contributed by atoms with van der Waals surface area (Å²) in [7, 11) is 0. The van der Waals surface area contributed by atoms with Crippen molar-refractivity contribution in [1.82, 2.24) is 10.9 Å². The van der Waals surface area contributed by atoms with Crippen molar-refractivity contribution in [2.45, 2.75) is 18.7 Å². The highest BCUT2D eigenvalue weighted by atomic mass is 32.2. The number of hydrogen-bond acceptors (Lipinski definition) is 4. The minimum Gasteiger partial charge on any atom is -0.484 e. The first-order valence-corrected chi connectivity index (χ1v) is 8.49. The Morgan fingerprint density at radius 2 is 1.67 bits per heavy atom. The van der Waals surface area contributed by atoms with Gasteiger partial charge in [0, 0.05) is 4.90 Å². The van der Waals surface area contributed by atoms with E-state index < -0.39 is 5.91 Å². The van der Waals surface area contributed by atoms with Crippen LogP contribution in [0.3, 0.4) is 0 Å². The summed E-state index contributed by atoms with van der Waals surface area (Å²) in [4.78, 5) is 24.4. The Hall–Kier alpha value is -2.47. The van der Waals surface area contributed by atoms with E-state index >= 15 is 0 Å². The van der Waals surface area contributed by atoms with Crippen molar-refractivity contribution in [2.24, 2.45) is 0 Å². The Balaban J connectivity index is 1.67. The molecule has 0 atom stereocenters. The van der Waals surface area contributed by atoms with Crippen LogP contribution in [0.1, 0.15) is 11.1 Å². The number of thioether (sulfide) groups is 1. The molecule has 2 aromatic carbocycles. The SMILES string of the molecule is Cc1ccc(OCC(=O)NNC(=O)CSc2ccccc2)cc1C. The van der Waals surface area contributed by atoms with E-state index in [1.807, 2.05) is 62.4 Å². The van der Waals surface area contributed by atoms with E-state index in [1.54, 1.807) is 0 Å². The molecule has 0 aliphatic rings. The third-order valence-electron chi connectivity index (χ3n) is 3.30. The van der Waals surface area contributed by atoms with Crippen LogP contribution < -0.4 is 15.6 Å². The van der Waals surface area contributed by atoms with Crippen molar-refractivity contribution < 1.29 is 14.3 Å². The van der Waals surface area contributed by atoms with Gasteiger partial charge in [-0.3, -0.25) is 20.4 Å². The third kappa shape index (κ3) is 5.96. The van der Waals surface area contributed by atoms with E-state index in [-0.39, 0.29) is 18.3 Å². The van der Waals surface area contributed by atoms with Gasteiger partial charge in [0.15, 0.2) is 6.61 Å². The molecular weight excluding hydrogens is 324 g/mol. The molecule has 126 valence electrons. The normalized spacial score (nSPS) is 10.1. The Morgan fingerprint density at radius 3 is 2.38 bits per heavy atom. The molecule has 0 saturated carbocycles. The molecule has 5 nitrogen and oxygen atoms in total. The summed E-state index contributed by atoms with van der Waals surface area (Å²) in [5, 5.41) is 0. The monoisotopic (exact) mass is 344 g/mol. The maximum atomic E-state index is 11.7. The lowest BCUT2D eigenvalue weighted by Crippen LogP contribution is -2.44. The highest BCUT2D eigenvalue weighted by Gasteiger charge is 2.07. The van der Waals surface area contributed by atoms with E-state index in [1.165, 1.54) is 11.8 Å². The second-order valence-corrected chi connectivity index (χ2v) is 6.28. The Morgan fingerprint density at radius 1 is 0.958 bits per heavy atom. The van der Waals surface area contributed by atoms with Crippen LogP contribution in [0, 0.1) is 13.8 Å². The topological polar surface area (TPSA) is 67.4 Å². The molecule has 0 spiro atoms. The molecular formula is C18H20N2O3S. The largest absolute Gasteiger partial charge is 0.484 e. The smallest absolute Gasteiger partial charge is 0.276 e. The summed E-state index contributed by atoms with van der Waals surface area (Å²) >= 11 is 1.40. The van der Waals surface area contributed by atoms with Gasteiger partial charge in [-0.05, 0) is 49.2 Å². The summed E-state index contributed by atoms with van der Waals surface area (Å²) < 4.78 is 5.40. The van der Waals surface area contributed by atoms with Crippen LogP contribution in [0.5, 0.6) is 5.75 Å². The van der Waals surface area contributed by atoms with Gasteiger partial charge in [-0.25, -0.2) is 0 Å². The van der Waals surface area contributed by atoms with Gasteiger partial charge in [-0.1, -0.05) is 24.3 Å². The number of benzene rings is 2. The predicted molar refractivity (Wildman–Crippen MR) is 94.9 cm³/mol. The molecule has 6 heteroatoms. The number of carbonyl (C=O) groups excluding carboxylic acids is 2. The van der Waals surface area contributed by atoms with E-state index in [0.717, 1.165) is 16.0 Å². The van der Waals surface area contributed by atoms with Crippen LogP contribution in [0.2, 0.25) is 0 Å². The van der Waals surface area contributed by atoms with E-state index in [4.69, 9.17) is 4.74 Å². The van der Waals surface area contributed by atoms with E-state index in [2.05, 4.69) is 10.9 Å². The second kappa shape index (κ2) is 8.98. The summed E-state index contributed by atoms with van der Waals surface area (Å²) in [5.41, 5.74) is 6.97. The van der Waals surface area contributed by atoms with Crippen molar-refractivity contribution in [3.05, 3.63) is 59.7 Å². The van der Waals surface area contributed by atoms with E-state index in [0.29, 0.717) is 5.75 Å². The van der Waals surface area contributed by atoms with Gasteiger partial charge in [0.2, 0.25) is 5.91 Å². The average Bonchev–Trinajstić information content (AvgIpc) is 2.60. The van der Waals surface area contributed by atoms with Crippen LogP contribution >= 0.6 is 11.8 Å². The Bertz CT molecular complexity index is 705. The standard InChI is InChI=1S/C18H20N2O3S/c1-13-8-9-15(10-14(13)2)23-11-17(21)19-20-18(22)12-24-16-6-4-3-5-7-16/h3-10H,11-12H2,1-2H3,(H,19,21)(H,20,22). The first-order valence-electron chi connectivity index (χ1n) is 7.50. The minimum absolute atomic E-state index is 0.158. The number of aryl methyl sites for hydroxylation is 2. The number of rotatable bonds is 6. The number of amides is 2. The maximum Gasteiger partial charge on any atom is 0.276 e. The van der Waals surface area contributed by atoms with Gasteiger partial charge in [0.1, 0.15) is 5.75 Å². The van der Waals surface area contributed by atoms with Crippen LogP contribution in [-0.2, 0) is 9.59 Å². The fourth-order valence-electron chi connectivity index (χ4n) is 1.83. The highest BCUT2D eigenvalue weighted by Crippen LogP contribution is 2.16. The Labute approximate surface area is 145 Å². The van der Waals surface area contributed by atoms with E-state index in [9.17, 15) is 9.59 Å². The number of nitrogens with one attached hydrogen (secondary N) is 2. The predicted octanol–water partition coefficient (Wildman–Crippen LogP) is 2.62.